The number of carbonyl (C=O) groups excluding carboxylic acids is 1. The third-order valence-electron chi connectivity index (χ3n) is 2.03. The van der Waals surface area contributed by atoms with Crippen molar-refractivity contribution >= 4 is 5.78 Å². The number of carbonyl (C=O) groups is 1. The van der Waals surface area contributed by atoms with Crippen LogP contribution in [0.5, 0.6) is 0 Å². The van der Waals surface area contributed by atoms with Crippen molar-refractivity contribution in [2.24, 2.45) is 0 Å². The molecule has 1 saturated carbocycles. The fourth-order valence-electron chi connectivity index (χ4n) is 1.17. The number of ketones is 1. The molecular weight excluding hydrogens is 142 g/mol. The first-order valence-corrected chi connectivity index (χ1v) is 4.00. The molecule has 1 N–H and O–H groups in total. The number of ether oxygens (including phenoxy) is 1. The Morgan fingerprint density at radius 2 is 2.27 bits per heavy atom. The monoisotopic (exact) mass is 157 g/mol. The van der Waals surface area contributed by atoms with Crippen LogP contribution in [0.2, 0.25) is 0 Å². The maximum absolute atomic E-state index is 10.5. The zero-order valence-electron chi connectivity index (χ0n) is 7.09. The first-order chi connectivity index (χ1) is 5.22. The van der Waals surface area contributed by atoms with Crippen molar-refractivity contribution in [3.8, 4) is 0 Å². The van der Waals surface area contributed by atoms with Crippen molar-refractivity contribution in [2.45, 2.75) is 31.9 Å². The molecule has 0 atom stereocenters. The van der Waals surface area contributed by atoms with Gasteiger partial charge in [-0.3, -0.25) is 4.79 Å². The van der Waals surface area contributed by atoms with E-state index in [4.69, 9.17) is 4.74 Å². The minimum absolute atomic E-state index is 0.109. The Bertz CT molecular complexity index is 141. The van der Waals surface area contributed by atoms with Crippen molar-refractivity contribution in [3.63, 3.8) is 0 Å². The van der Waals surface area contributed by atoms with Crippen LogP contribution in [0.1, 0.15) is 19.8 Å². The highest BCUT2D eigenvalue weighted by molar-refractivity contribution is 5.76. The van der Waals surface area contributed by atoms with Gasteiger partial charge in [0.15, 0.2) is 5.78 Å². The largest absolute Gasteiger partial charge is 0.370 e. The van der Waals surface area contributed by atoms with Gasteiger partial charge in [0, 0.05) is 6.04 Å². The molecule has 3 heteroatoms. The smallest absolute Gasteiger partial charge is 0.155 e. The molecule has 0 radical (unpaired) electrons. The van der Waals surface area contributed by atoms with Gasteiger partial charge in [-0.05, 0) is 26.8 Å². The van der Waals surface area contributed by atoms with Gasteiger partial charge in [-0.1, -0.05) is 0 Å². The summed E-state index contributed by atoms with van der Waals surface area (Å²) in [6.45, 7) is 1.83. The average Bonchev–Trinajstić information content (AvgIpc) is 1.84. The van der Waals surface area contributed by atoms with Gasteiger partial charge in [-0.2, -0.15) is 0 Å². The van der Waals surface area contributed by atoms with E-state index in [1.807, 2.05) is 7.05 Å². The van der Waals surface area contributed by atoms with Crippen LogP contribution in [0.15, 0.2) is 0 Å². The molecule has 0 aromatic heterocycles. The molecule has 64 valence electrons. The highest BCUT2D eigenvalue weighted by atomic mass is 16.5. The fourth-order valence-corrected chi connectivity index (χ4v) is 1.17. The molecule has 0 saturated heterocycles. The molecule has 11 heavy (non-hydrogen) atoms. The number of Topliss-reactive ketones (excluding diaryl/α,β-unsaturated/α-hetero) is 1. The standard InChI is InChI=1S/C8H15NO2/c1-6(10)5-11-8-3-7(4-8)9-2/h7-9H,3-5H2,1-2H3. The van der Waals surface area contributed by atoms with Crippen LogP contribution in [-0.4, -0.2) is 31.6 Å². The topological polar surface area (TPSA) is 38.3 Å². The van der Waals surface area contributed by atoms with Gasteiger partial charge in [0.05, 0.1) is 6.10 Å². The lowest BCUT2D eigenvalue weighted by Gasteiger charge is -2.34. The maximum Gasteiger partial charge on any atom is 0.155 e. The summed E-state index contributed by atoms with van der Waals surface area (Å²) in [6.07, 6.45) is 2.41. The number of hydrogen-bond donors (Lipinski definition) is 1. The van der Waals surface area contributed by atoms with E-state index in [-0.39, 0.29) is 12.4 Å². The van der Waals surface area contributed by atoms with E-state index in [1.54, 1.807) is 6.92 Å². The quantitative estimate of drug-likeness (QED) is 0.639. The Hall–Kier alpha value is -0.410. The van der Waals surface area contributed by atoms with E-state index in [1.165, 1.54) is 0 Å². The predicted molar refractivity (Wildman–Crippen MR) is 42.5 cm³/mol. The lowest BCUT2D eigenvalue weighted by atomic mass is 9.89. The first-order valence-electron chi connectivity index (χ1n) is 4.00. The first kappa shape index (κ1) is 8.68. The predicted octanol–water partition coefficient (Wildman–Crippen LogP) is 0.342. The Morgan fingerprint density at radius 3 is 2.73 bits per heavy atom. The van der Waals surface area contributed by atoms with E-state index < -0.39 is 0 Å². The zero-order valence-corrected chi connectivity index (χ0v) is 7.09. The second-order valence-electron chi connectivity index (χ2n) is 3.09. The molecule has 1 rings (SSSR count). The van der Waals surface area contributed by atoms with Crippen LogP contribution in [-0.2, 0) is 9.53 Å². The van der Waals surface area contributed by atoms with Gasteiger partial charge in [-0.25, -0.2) is 0 Å². The highest BCUT2D eigenvalue weighted by Crippen LogP contribution is 2.22. The summed E-state index contributed by atoms with van der Waals surface area (Å²) in [4.78, 5) is 10.5. The van der Waals surface area contributed by atoms with Crippen LogP contribution < -0.4 is 5.32 Å². The molecule has 0 spiro atoms. The SMILES string of the molecule is CNC1CC(OCC(C)=O)C1. The van der Waals surface area contributed by atoms with E-state index in [0.717, 1.165) is 12.8 Å². The summed E-state index contributed by atoms with van der Waals surface area (Å²) < 4.78 is 5.28. The van der Waals surface area contributed by atoms with Crippen molar-refractivity contribution < 1.29 is 9.53 Å². The molecule has 0 bridgehead atoms. The van der Waals surface area contributed by atoms with E-state index >= 15 is 0 Å². The van der Waals surface area contributed by atoms with Gasteiger partial charge in [0.25, 0.3) is 0 Å². The molecular formula is C8H15NO2. The molecule has 0 aliphatic heterocycles. The van der Waals surface area contributed by atoms with Crippen molar-refractivity contribution in [3.05, 3.63) is 0 Å². The average molecular weight is 157 g/mol. The summed E-state index contributed by atoms with van der Waals surface area (Å²) in [6, 6.07) is 0.604. The molecule has 3 nitrogen and oxygen atoms in total. The lowest BCUT2D eigenvalue weighted by molar-refractivity contribution is -0.125. The van der Waals surface area contributed by atoms with Gasteiger partial charge in [0.1, 0.15) is 6.61 Å². The molecule has 0 aromatic rings. The lowest BCUT2D eigenvalue weighted by Crippen LogP contribution is -2.44. The van der Waals surface area contributed by atoms with Gasteiger partial charge in [-0.15, -0.1) is 0 Å². The molecule has 1 aliphatic carbocycles. The molecule has 1 fully saturated rings. The summed E-state index contributed by atoms with van der Waals surface area (Å²) in [5.74, 6) is 0.109. The second kappa shape index (κ2) is 3.83. The van der Waals surface area contributed by atoms with Crippen LogP contribution in [0.25, 0.3) is 0 Å². The van der Waals surface area contributed by atoms with E-state index in [0.29, 0.717) is 12.1 Å². The second-order valence-corrected chi connectivity index (χ2v) is 3.09. The number of hydrogen-bond acceptors (Lipinski definition) is 3. The van der Waals surface area contributed by atoms with Gasteiger partial charge < -0.3 is 10.1 Å². The van der Waals surface area contributed by atoms with Crippen LogP contribution >= 0.6 is 0 Å². The minimum atomic E-state index is 0.109. The highest BCUT2D eigenvalue weighted by Gasteiger charge is 2.28. The zero-order chi connectivity index (χ0) is 8.27. The minimum Gasteiger partial charge on any atom is -0.370 e. The van der Waals surface area contributed by atoms with Crippen LogP contribution in [0.4, 0.5) is 0 Å². The Balaban J connectivity index is 2.00. The number of nitrogens with one attached hydrogen (secondary N) is 1. The maximum atomic E-state index is 10.5. The normalized spacial score (nSPS) is 29.6. The van der Waals surface area contributed by atoms with Gasteiger partial charge >= 0.3 is 0 Å². The fraction of sp³-hybridized carbons (Fsp3) is 0.875. The molecule has 0 unspecified atom stereocenters. The van der Waals surface area contributed by atoms with Crippen molar-refractivity contribution in [2.75, 3.05) is 13.7 Å². The molecule has 1 aliphatic rings. The van der Waals surface area contributed by atoms with Crippen molar-refractivity contribution in [1.82, 2.24) is 5.32 Å². The van der Waals surface area contributed by atoms with Crippen LogP contribution in [0, 0.1) is 0 Å². The summed E-state index contributed by atoms with van der Waals surface area (Å²) in [5.41, 5.74) is 0. The number of rotatable bonds is 4. The summed E-state index contributed by atoms with van der Waals surface area (Å²) in [7, 11) is 1.95. The Labute approximate surface area is 67.1 Å². The van der Waals surface area contributed by atoms with E-state index in [9.17, 15) is 4.79 Å². The molecule has 0 heterocycles. The summed E-state index contributed by atoms with van der Waals surface area (Å²) in [5, 5.41) is 3.15. The van der Waals surface area contributed by atoms with E-state index in [2.05, 4.69) is 5.32 Å². The third kappa shape index (κ3) is 2.60. The Morgan fingerprint density at radius 1 is 1.64 bits per heavy atom. The third-order valence-corrected chi connectivity index (χ3v) is 2.03. The molecule has 0 amide bonds. The Kier molecular flexibility index (Phi) is 3.02. The summed E-state index contributed by atoms with van der Waals surface area (Å²) >= 11 is 0. The van der Waals surface area contributed by atoms with Gasteiger partial charge in [0.2, 0.25) is 0 Å². The van der Waals surface area contributed by atoms with Crippen LogP contribution in [0.3, 0.4) is 0 Å². The molecule has 0 aromatic carbocycles. The van der Waals surface area contributed by atoms with Crippen molar-refractivity contribution in [1.29, 1.82) is 0 Å².